The van der Waals surface area contributed by atoms with Gasteiger partial charge in [0.05, 0.1) is 26.4 Å². The van der Waals surface area contributed by atoms with E-state index < -0.39 is 5.97 Å². The predicted octanol–water partition coefficient (Wildman–Crippen LogP) is 0.853. The van der Waals surface area contributed by atoms with Crippen molar-refractivity contribution in [3.05, 3.63) is 23.8 Å². The molecule has 0 aromatic heterocycles. The van der Waals surface area contributed by atoms with E-state index in [1.165, 1.54) is 20.3 Å². The van der Waals surface area contributed by atoms with Gasteiger partial charge in [0.25, 0.3) is 0 Å². The molecule has 0 aliphatic rings. The fourth-order valence-electron chi connectivity index (χ4n) is 1.18. The van der Waals surface area contributed by atoms with Crippen molar-refractivity contribution in [2.75, 3.05) is 27.4 Å². The molecule has 0 fully saturated rings. The highest BCUT2D eigenvalue weighted by Gasteiger charge is 2.11. The smallest absolute Gasteiger partial charge is 0.338 e. The van der Waals surface area contributed by atoms with Crippen LogP contribution >= 0.6 is 0 Å². The van der Waals surface area contributed by atoms with E-state index >= 15 is 0 Å². The van der Waals surface area contributed by atoms with Gasteiger partial charge in [-0.05, 0) is 18.2 Å². The molecule has 0 heterocycles. The molecule has 0 bridgehead atoms. The quantitative estimate of drug-likeness (QED) is 0.754. The van der Waals surface area contributed by atoms with Crippen molar-refractivity contribution < 1.29 is 24.1 Å². The van der Waals surface area contributed by atoms with Crippen LogP contribution in [0.2, 0.25) is 0 Å². The van der Waals surface area contributed by atoms with Gasteiger partial charge in [-0.1, -0.05) is 0 Å². The van der Waals surface area contributed by atoms with Gasteiger partial charge < -0.3 is 19.3 Å². The summed E-state index contributed by atoms with van der Waals surface area (Å²) < 4.78 is 14.8. The third-order valence-electron chi connectivity index (χ3n) is 1.94. The number of carbonyl (C=O) groups excluding carboxylic acids is 1. The highest BCUT2D eigenvalue weighted by molar-refractivity contribution is 5.90. The average Bonchev–Trinajstić information content (AvgIpc) is 2.34. The van der Waals surface area contributed by atoms with Crippen LogP contribution in [0.15, 0.2) is 18.2 Å². The number of carbonyl (C=O) groups is 1. The van der Waals surface area contributed by atoms with E-state index in [2.05, 4.69) is 0 Å². The summed E-state index contributed by atoms with van der Waals surface area (Å²) in [6.45, 7) is -0.216. The van der Waals surface area contributed by atoms with Gasteiger partial charge in [-0.15, -0.1) is 0 Å². The first-order valence-corrected chi connectivity index (χ1v) is 4.73. The SMILES string of the molecule is COc1ccc(C(=O)OCCO)cc1OC. The molecule has 5 heteroatoms. The Balaban J connectivity index is 2.85. The molecule has 1 N–H and O–H groups in total. The number of esters is 1. The molecule has 0 unspecified atom stereocenters. The largest absolute Gasteiger partial charge is 0.493 e. The number of hydrogen-bond donors (Lipinski definition) is 1. The second kappa shape index (κ2) is 5.97. The molecule has 1 aromatic rings. The average molecular weight is 226 g/mol. The monoisotopic (exact) mass is 226 g/mol. The molecule has 5 nitrogen and oxygen atoms in total. The van der Waals surface area contributed by atoms with Gasteiger partial charge in [-0.2, -0.15) is 0 Å². The maximum atomic E-state index is 11.4. The summed E-state index contributed by atoms with van der Waals surface area (Å²) in [6, 6.07) is 4.72. The Labute approximate surface area is 93.6 Å². The molecule has 16 heavy (non-hydrogen) atoms. The number of aliphatic hydroxyl groups excluding tert-OH is 1. The topological polar surface area (TPSA) is 65.0 Å². The minimum atomic E-state index is -0.505. The molecular weight excluding hydrogens is 212 g/mol. The zero-order valence-corrected chi connectivity index (χ0v) is 9.23. The van der Waals surface area contributed by atoms with Crippen molar-refractivity contribution in [3.63, 3.8) is 0 Å². The molecular formula is C11H14O5. The third kappa shape index (κ3) is 2.87. The second-order valence-electron chi connectivity index (χ2n) is 2.93. The predicted molar refractivity (Wildman–Crippen MR) is 56.9 cm³/mol. The summed E-state index contributed by atoms with van der Waals surface area (Å²) in [5, 5.41) is 8.52. The van der Waals surface area contributed by atoms with Crippen LogP contribution in [-0.2, 0) is 4.74 Å². The minimum absolute atomic E-state index is 0.0207. The first kappa shape index (κ1) is 12.3. The molecule has 0 saturated carbocycles. The van der Waals surface area contributed by atoms with Crippen LogP contribution in [-0.4, -0.2) is 38.5 Å². The van der Waals surface area contributed by atoms with Gasteiger partial charge in [-0.25, -0.2) is 4.79 Å². The summed E-state index contributed by atoms with van der Waals surface area (Å²) in [5.74, 6) is 0.497. The van der Waals surface area contributed by atoms with Crippen LogP contribution in [0, 0.1) is 0 Å². The van der Waals surface area contributed by atoms with Crippen molar-refractivity contribution in [1.82, 2.24) is 0 Å². The van der Waals surface area contributed by atoms with Crippen LogP contribution < -0.4 is 9.47 Å². The summed E-state index contributed by atoms with van der Waals surface area (Å²) >= 11 is 0. The lowest BCUT2D eigenvalue weighted by Crippen LogP contribution is -2.09. The van der Waals surface area contributed by atoms with Gasteiger partial charge in [-0.3, -0.25) is 0 Å². The summed E-state index contributed by atoms with van der Waals surface area (Å²) in [6.07, 6.45) is 0. The minimum Gasteiger partial charge on any atom is -0.493 e. The van der Waals surface area contributed by atoms with Crippen molar-refractivity contribution in [2.45, 2.75) is 0 Å². The zero-order chi connectivity index (χ0) is 12.0. The van der Waals surface area contributed by atoms with Crippen LogP contribution in [0.5, 0.6) is 11.5 Å². The lowest BCUT2D eigenvalue weighted by Gasteiger charge is -2.09. The van der Waals surface area contributed by atoms with Crippen LogP contribution in [0.25, 0.3) is 0 Å². The Morgan fingerprint density at radius 2 is 1.94 bits per heavy atom. The Hall–Kier alpha value is -1.75. The van der Waals surface area contributed by atoms with E-state index in [1.54, 1.807) is 12.1 Å². The summed E-state index contributed by atoms with van der Waals surface area (Å²) in [5.41, 5.74) is 0.353. The molecule has 0 saturated heterocycles. The van der Waals surface area contributed by atoms with Crippen LogP contribution in [0.3, 0.4) is 0 Å². The highest BCUT2D eigenvalue weighted by Crippen LogP contribution is 2.27. The maximum Gasteiger partial charge on any atom is 0.338 e. The standard InChI is InChI=1S/C11H14O5/c1-14-9-4-3-8(7-10(9)15-2)11(13)16-6-5-12/h3-4,7,12H,5-6H2,1-2H3. The second-order valence-corrected chi connectivity index (χ2v) is 2.93. The van der Waals surface area contributed by atoms with Crippen LogP contribution in [0.4, 0.5) is 0 Å². The Bertz CT molecular complexity index is 361. The molecule has 1 rings (SSSR count). The molecule has 0 atom stereocenters. The normalized spacial score (nSPS) is 9.69. The van der Waals surface area contributed by atoms with Gasteiger partial charge in [0, 0.05) is 0 Å². The van der Waals surface area contributed by atoms with Gasteiger partial charge in [0.1, 0.15) is 6.61 Å². The molecule has 0 aliphatic heterocycles. The molecule has 0 radical (unpaired) electrons. The Kier molecular flexibility index (Phi) is 4.60. The first-order chi connectivity index (χ1) is 7.72. The number of aliphatic hydroxyl groups is 1. The number of methoxy groups -OCH3 is 2. The highest BCUT2D eigenvalue weighted by atomic mass is 16.5. The number of hydrogen-bond acceptors (Lipinski definition) is 5. The van der Waals surface area contributed by atoms with E-state index in [-0.39, 0.29) is 13.2 Å². The van der Waals surface area contributed by atoms with Crippen molar-refractivity contribution in [2.24, 2.45) is 0 Å². The maximum absolute atomic E-state index is 11.4. The Morgan fingerprint density at radius 3 is 2.50 bits per heavy atom. The number of ether oxygens (including phenoxy) is 3. The molecule has 88 valence electrons. The summed E-state index contributed by atoms with van der Waals surface area (Å²) in [7, 11) is 3.00. The van der Waals surface area contributed by atoms with Gasteiger partial charge in [0.15, 0.2) is 11.5 Å². The third-order valence-corrected chi connectivity index (χ3v) is 1.94. The van der Waals surface area contributed by atoms with Crippen molar-refractivity contribution in [1.29, 1.82) is 0 Å². The van der Waals surface area contributed by atoms with Crippen molar-refractivity contribution in [3.8, 4) is 11.5 Å². The number of rotatable bonds is 5. The van der Waals surface area contributed by atoms with E-state index in [4.69, 9.17) is 19.3 Å². The molecule has 0 amide bonds. The fourth-order valence-corrected chi connectivity index (χ4v) is 1.18. The van der Waals surface area contributed by atoms with E-state index in [9.17, 15) is 4.79 Å². The molecule has 1 aromatic carbocycles. The van der Waals surface area contributed by atoms with E-state index in [0.29, 0.717) is 17.1 Å². The lowest BCUT2D eigenvalue weighted by atomic mass is 10.2. The zero-order valence-electron chi connectivity index (χ0n) is 9.23. The summed E-state index contributed by atoms with van der Waals surface area (Å²) in [4.78, 5) is 11.4. The van der Waals surface area contributed by atoms with Crippen molar-refractivity contribution >= 4 is 5.97 Å². The van der Waals surface area contributed by atoms with Crippen LogP contribution in [0.1, 0.15) is 10.4 Å². The molecule has 0 aliphatic carbocycles. The van der Waals surface area contributed by atoms with E-state index in [0.717, 1.165) is 0 Å². The Morgan fingerprint density at radius 1 is 1.25 bits per heavy atom. The lowest BCUT2D eigenvalue weighted by molar-refractivity contribution is 0.0433. The van der Waals surface area contributed by atoms with E-state index in [1.807, 2.05) is 0 Å². The fraction of sp³-hybridized carbons (Fsp3) is 0.364. The number of benzene rings is 1. The molecule has 0 spiro atoms. The van der Waals surface area contributed by atoms with Gasteiger partial charge >= 0.3 is 5.97 Å². The van der Waals surface area contributed by atoms with Gasteiger partial charge in [0.2, 0.25) is 0 Å². The first-order valence-electron chi connectivity index (χ1n) is 4.73.